The van der Waals surface area contributed by atoms with E-state index in [1.165, 1.54) is 6.42 Å². The summed E-state index contributed by atoms with van der Waals surface area (Å²) in [6, 6.07) is 0. The molecule has 0 fully saturated rings. The second-order valence-corrected chi connectivity index (χ2v) is 1.64. The summed E-state index contributed by atoms with van der Waals surface area (Å²) >= 11 is 0. The fraction of sp³-hybridized carbons (Fsp3) is 1.00. The minimum Gasteiger partial charge on any atom is -0.330 e. The highest BCUT2D eigenvalue weighted by Crippen LogP contribution is 1.88. The van der Waals surface area contributed by atoms with Gasteiger partial charge in [0.05, 0.1) is 0 Å². The molecule has 9 heavy (non-hydrogen) atoms. The maximum absolute atomic E-state index is 5.23. The standard InChI is InChI=1S/C5H14N2.2ClH/c6-4-2-1-3-5-7;;/h1-7H2;2*1H. The van der Waals surface area contributed by atoms with Crippen LogP contribution in [0.15, 0.2) is 0 Å². The molecule has 0 bridgehead atoms. The Morgan fingerprint density at radius 1 is 0.667 bits per heavy atom. The van der Waals surface area contributed by atoms with Gasteiger partial charge in [-0.3, -0.25) is 0 Å². The molecule has 0 radical (unpaired) electrons. The van der Waals surface area contributed by atoms with Gasteiger partial charge >= 0.3 is 0 Å². The van der Waals surface area contributed by atoms with Crippen molar-refractivity contribution in [1.82, 2.24) is 0 Å². The highest BCUT2D eigenvalue weighted by molar-refractivity contribution is 5.85. The first kappa shape index (κ1) is 16.2. The summed E-state index contributed by atoms with van der Waals surface area (Å²) in [5.41, 5.74) is 10.5. The average Bonchev–Trinajstić information content (AvgIpc) is 1.69. The van der Waals surface area contributed by atoms with Crippen molar-refractivity contribution in [3.8, 4) is 0 Å². The van der Waals surface area contributed by atoms with Crippen LogP contribution in [0.4, 0.5) is 0 Å². The molecule has 0 heterocycles. The Hall–Kier alpha value is 0.500. The minimum absolute atomic E-state index is 0. The van der Waals surface area contributed by atoms with Gasteiger partial charge in [0.2, 0.25) is 0 Å². The van der Waals surface area contributed by atoms with Crippen molar-refractivity contribution < 1.29 is 0 Å². The van der Waals surface area contributed by atoms with E-state index in [4.69, 9.17) is 11.5 Å². The van der Waals surface area contributed by atoms with Crippen LogP contribution in [0.3, 0.4) is 0 Å². The molecule has 60 valence electrons. The summed E-state index contributed by atoms with van der Waals surface area (Å²) in [5.74, 6) is 0. The lowest BCUT2D eigenvalue weighted by Gasteiger charge is -1.91. The molecule has 0 atom stereocenters. The first-order chi connectivity index (χ1) is 3.41. The van der Waals surface area contributed by atoms with Gasteiger partial charge < -0.3 is 11.5 Å². The van der Waals surface area contributed by atoms with Crippen molar-refractivity contribution in [2.75, 3.05) is 13.1 Å². The van der Waals surface area contributed by atoms with Crippen LogP contribution < -0.4 is 11.5 Å². The van der Waals surface area contributed by atoms with Gasteiger partial charge in [0, 0.05) is 0 Å². The van der Waals surface area contributed by atoms with Gasteiger partial charge in [0.1, 0.15) is 0 Å². The molecular weight excluding hydrogens is 159 g/mol. The van der Waals surface area contributed by atoms with Crippen molar-refractivity contribution in [3.05, 3.63) is 0 Å². The quantitative estimate of drug-likeness (QED) is 0.624. The molecule has 0 aromatic heterocycles. The third kappa shape index (κ3) is 17.7. The lowest BCUT2D eigenvalue weighted by atomic mass is 10.2. The fourth-order valence-corrected chi connectivity index (χ4v) is 0.465. The predicted octanol–water partition coefficient (Wildman–Crippen LogP) is 0.918. The van der Waals surface area contributed by atoms with E-state index in [0.717, 1.165) is 25.9 Å². The van der Waals surface area contributed by atoms with E-state index in [9.17, 15) is 0 Å². The molecule has 0 aliphatic rings. The number of rotatable bonds is 4. The Bertz CT molecular complexity index is 32.1. The second-order valence-electron chi connectivity index (χ2n) is 1.64. The molecule has 0 aliphatic heterocycles. The van der Waals surface area contributed by atoms with Crippen LogP contribution in [-0.2, 0) is 0 Å². The summed E-state index contributed by atoms with van der Waals surface area (Å²) in [6.45, 7) is 1.61. The van der Waals surface area contributed by atoms with E-state index in [1.54, 1.807) is 0 Å². The first-order valence-electron chi connectivity index (χ1n) is 2.82. The molecule has 0 saturated heterocycles. The van der Waals surface area contributed by atoms with Gasteiger partial charge in [-0.1, -0.05) is 6.42 Å². The van der Waals surface area contributed by atoms with Crippen LogP contribution in [0.5, 0.6) is 0 Å². The lowest BCUT2D eigenvalue weighted by Crippen LogP contribution is -2.02. The Balaban J connectivity index is -0.000000180. The monoisotopic (exact) mass is 174 g/mol. The molecule has 0 spiro atoms. The zero-order chi connectivity index (χ0) is 5.54. The molecule has 4 N–H and O–H groups in total. The van der Waals surface area contributed by atoms with E-state index in [1.807, 2.05) is 0 Å². The van der Waals surface area contributed by atoms with Crippen molar-refractivity contribution in [2.45, 2.75) is 19.3 Å². The summed E-state index contributed by atoms with van der Waals surface area (Å²) in [4.78, 5) is 0. The number of halogens is 2. The average molecular weight is 175 g/mol. The maximum atomic E-state index is 5.23. The Labute approximate surface area is 69.2 Å². The van der Waals surface area contributed by atoms with Crippen LogP contribution in [-0.4, -0.2) is 13.1 Å². The number of nitrogens with two attached hydrogens (primary N) is 2. The van der Waals surface area contributed by atoms with E-state index in [0.29, 0.717) is 0 Å². The molecule has 0 amide bonds. The number of unbranched alkanes of at least 4 members (excludes halogenated alkanes) is 2. The highest BCUT2D eigenvalue weighted by atomic mass is 35.5. The molecule has 0 aliphatic carbocycles. The van der Waals surface area contributed by atoms with Crippen LogP contribution in [0.2, 0.25) is 0 Å². The topological polar surface area (TPSA) is 52.0 Å². The highest BCUT2D eigenvalue weighted by Gasteiger charge is 1.80. The summed E-state index contributed by atoms with van der Waals surface area (Å²) in [7, 11) is 0. The van der Waals surface area contributed by atoms with Gasteiger partial charge in [-0.2, -0.15) is 0 Å². The third-order valence-electron chi connectivity index (χ3n) is 0.908. The van der Waals surface area contributed by atoms with Crippen molar-refractivity contribution >= 4 is 24.8 Å². The van der Waals surface area contributed by atoms with Gasteiger partial charge in [-0.05, 0) is 25.9 Å². The smallest absolute Gasteiger partial charge is 0.00773 e. The maximum Gasteiger partial charge on any atom is -0.00773 e. The molecule has 4 heteroatoms. The van der Waals surface area contributed by atoms with Gasteiger partial charge in [0.25, 0.3) is 0 Å². The van der Waals surface area contributed by atoms with Crippen molar-refractivity contribution in [1.29, 1.82) is 0 Å². The van der Waals surface area contributed by atoms with Gasteiger partial charge in [-0.25, -0.2) is 0 Å². The zero-order valence-corrected chi connectivity index (χ0v) is 7.14. The Kier molecular flexibility index (Phi) is 28.5. The normalized spacial score (nSPS) is 7.33. The van der Waals surface area contributed by atoms with E-state index < -0.39 is 0 Å². The van der Waals surface area contributed by atoms with E-state index >= 15 is 0 Å². The molecule has 0 aromatic carbocycles. The Morgan fingerprint density at radius 2 is 1.00 bits per heavy atom. The summed E-state index contributed by atoms with van der Waals surface area (Å²) in [6.07, 6.45) is 3.43. The fourth-order valence-electron chi connectivity index (χ4n) is 0.465. The molecule has 0 aromatic rings. The Morgan fingerprint density at radius 3 is 1.22 bits per heavy atom. The van der Waals surface area contributed by atoms with Crippen LogP contribution in [0.1, 0.15) is 19.3 Å². The molecular formula is C5H16Cl2N2. The minimum atomic E-state index is 0. The predicted molar refractivity (Wildman–Crippen MR) is 46.5 cm³/mol. The SMILES string of the molecule is Cl.Cl.NCCCCCN. The lowest BCUT2D eigenvalue weighted by molar-refractivity contribution is 0.695. The van der Waals surface area contributed by atoms with E-state index in [-0.39, 0.29) is 24.8 Å². The summed E-state index contributed by atoms with van der Waals surface area (Å²) in [5, 5.41) is 0. The largest absolute Gasteiger partial charge is 0.330 e. The van der Waals surface area contributed by atoms with Gasteiger partial charge in [-0.15, -0.1) is 24.8 Å². The molecule has 2 nitrogen and oxygen atoms in total. The molecule has 0 rings (SSSR count). The first-order valence-corrected chi connectivity index (χ1v) is 2.82. The third-order valence-corrected chi connectivity index (χ3v) is 0.908. The molecule has 0 saturated carbocycles. The molecule has 0 unspecified atom stereocenters. The number of hydrogen-bond acceptors (Lipinski definition) is 2. The second kappa shape index (κ2) is 15.8. The van der Waals surface area contributed by atoms with Crippen LogP contribution in [0, 0.1) is 0 Å². The zero-order valence-electron chi connectivity index (χ0n) is 5.51. The van der Waals surface area contributed by atoms with Crippen LogP contribution in [0.25, 0.3) is 0 Å². The van der Waals surface area contributed by atoms with Crippen LogP contribution >= 0.6 is 24.8 Å². The van der Waals surface area contributed by atoms with Crippen molar-refractivity contribution in [3.63, 3.8) is 0 Å². The van der Waals surface area contributed by atoms with Gasteiger partial charge in [0.15, 0.2) is 0 Å². The van der Waals surface area contributed by atoms with E-state index in [2.05, 4.69) is 0 Å². The summed E-state index contributed by atoms with van der Waals surface area (Å²) < 4.78 is 0. The van der Waals surface area contributed by atoms with Crippen molar-refractivity contribution in [2.24, 2.45) is 11.5 Å². The number of hydrogen-bond donors (Lipinski definition) is 2.